The molecule has 2 aromatic rings. The van der Waals surface area contributed by atoms with E-state index in [4.69, 9.17) is 18.9 Å². The van der Waals surface area contributed by atoms with Crippen molar-refractivity contribution >= 4 is 11.6 Å². The van der Waals surface area contributed by atoms with Gasteiger partial charge in [-0.1, -0.05) is 0 Å². The second-order valence-electron chi connectivity index (χ2n) is 7.95. The van der Waals surface area contributed by atoms with Crippen molar-refractivity contribution in [2.75, 3.05) is 52.4 Å². The first-order chi connectivity index (χ1) is 15.0. The van der Waals surface area contributed by atoms with Crippen LogP contribution in [-0.4, -0.2) is 64.4 Å². The molecular formula is C24H30N2O5. The summed E-state index contributed by atoms with van der Waals surface area (Å²) < 4.78 is 22.3. The van der Waals surface area contributed by atoms with Crippen LogP contribution >= 0.6 is 0 Å². The average Bonchev–Trinajstić information content (AvgIpc) is 2.82. The molecule has 7 nitrogen and oxygen atoms in total. The number of fused-ring (bicyclic) bond motifs is 1. The normalized spacial score (nSPS) is 20.8. The zero-order valence-corrected chi connectivity index (χ0v) is 18.6. The number of ether oxygens (including phenoxy) is 4. The van der Waals surface area contributed by atoms with Crippen LogP contribution in [0.25, 0.3) is 0 Å². The molecule has 0 N–H and O–H groups in total. The molecule has 2 atom stereocenters. The summed E-state index contributed by atoms with van der Waals surface area (Å²) in [7, 11) is 4.89. The molecule has 0 aliphatic carbocycles. The minimum atomic E-state index is -0.619. The molecule has 0 radical (unpaired) electrons. The molecule has 31 heavy (non-hydrogen) atoms. The average molecular weight is 427 g/mol. The Bertz CT molecular complexity index is 922. The Kier molecular flexibility index (Phi) is 6.23. The maximum atomic E-state index is 13.4. The summed E-state index contributed by atoms with van der Waals surface area (Å²) >= 11 is 0. The van der Waals surface area contributed by atoms with E-state index in [-0.39, 0.29) is 12.0 Å². The Morgan fingerprint density at radius 1 is 0.935 bits per heavy atom. The van der Waals surface area contributed by atoms with E-state index in [0.717, 1.165) is 42.1 Å². The number of hydrogen-bond donors (Lipinski definition) is 0. The van der Waals surface area contributed by atoms with Gasteiger partial charge in [0, 0.05) is 31.9 Å². The van der Waals surface area contributed by atoms with E-state index in [1.807, 2.05) is 36.1 Å². The van der Waals surface area contributed by atoms with Crippen LogP contribution in [0.15, 0.2) is 36.4 Å². The first-order valence-corrected chi connectivity index (χ1v) is 10.6. The lowest BCUT2D eigenvalue weighted by molar-refractivity contribution is -0.149. The van der Waals surface area contributed by atoms with Crippen LogP contribution < -0.4 is 19.1 Å². The fourth-order valence-corrected chi connectivity index (χ4v) is 4.36. The zero-order chi connectivity index (χ0) is 22.0. The van der Waals surface area contributed by atoms with Crippen molar-refractivity contribution < 1.29 is 23.7 Å². The fourth-order valence-electron chi connectivity index (χ4n) is 4.36. The minimum Gasteiger partial charge on any atom is -0.497 e. The number of anilines is 1. The second-order valence-corrected chi connectivity index (χ2v) is 7.95. The number of hydrogen-bond acceptors (Lipinski definition) is 6. The number of benzene rings is 2. The predicted molar refractivity (Wildman–Crippen MR) is 118 cm³/mol. The van der Waals surface area contributed by atoms with Crippen molar-refractivity contribution in [3.63, 3.8) is 0 Å². The molecule has 0 aromatic heterocycles. The molecule has 2 aliphatic heterocycles. The standard InChI is InChI=1S/C24H30N2O5/c1-16-13-17-14-21(29-3)22(30-4)15-20(17)23(31-16)24(27)26-11-9-25(10-12-26)18-5-7-19(28-2)8-6-18/h5-8,14-16,23H,9-13H2,1-4H3/t16-,23-/m0/s1. The summed E-state index contributed by atoms with van der Waals surface area (Å²) in [6.45, 7) is 4.86. The van der Waals surface area contributed by atoms with Crippen LogP contribution in [0.5, 0.6) is 17.2 Å². The number of carbonyl (C=O) groups excluding carboxylic acids is 1. The van der Waals surface area contributed by atoms with Crippen molar-refractivity contribution in [2.24, 2.45) is 0 Å². The van der Waals surface area contributed by atoms with Gasteiger partial charge in [-0.3, -0.25) is 4.79 Å². The highest BCUT2D eigenvalue weighted by atomic mass is 16.5. The molecule has 1 amide bonds. The van der Waals surface area contributed by atoms with E-state index in [0.29, 0.717) is 24.6 Å². The van der Waals surface area contributed by atoms with Gasteiger partial charge in [-0.2, -0.15) is 0 Å². The Morgan fingerprint density at radius 3 is 2.19 bits per heavy atom. The Morgan fingerprint density at radius 2 is 1.58 bits per heavy atom. The number of rotatable bonds is 5. The summed E-state index contributed by atoms with van der Waals surface area (Å²) in [5.74, 6) is 2.14. The smallest absolute Gasteiger partial charge is 0.256 e. The highest BCUT2D eigenvalue weighted by Crippen LogP contribution is 2.39. The van der Waals surface area contributed by atoms with Crippen LogP contribution in [0.4, 0.5) is 5.69 Å². The Hall–Kier alpha value is -2.93. The van der Waals surface area contributed by atoms with Gasteiger partial charge in [-0.25, -0.2) is 0 Å². The lowest BCUT2D eigenvalue weighted by atomic mass is 9.93. The third-order valence-corrected chi connectivity index (χ3v) is 6.06. The minimum absolute atomic E-state index is 0.00870. The van der Waals surface area contributed by atoms with Crippen molar-refractivity contribution in [3.8, 4) is 17.2 Å². The third-order valence-electron chi connectivity index (χ3n) is 6.06. The van der Waals surface area contributed by atoms with Gasteiger partial charge in [0.05, 0.1) is 27.4 Å². The molecule has 2 aliphatic rings. The van der Waals surface area contributed by atoms with Gasteiger partial charge >= 0.3 is 0 Å². The van der Waals surface area contributed by atoms with E-state index in [1.165, 1.54) is 0 Å². The molecule has 4 rings (SSSR count). The molecule has 2 aromatic carbocycles. The first kappa shape index (κ1) is 21.3. The molecule has 166 valence electrons. The van der Waals surface area contributed by atoms with Crippen LogP contribution in [0.3, 0.4) is 0 Å². The van der Waals surface area contributed by atoms with Gasteiger partial charge in [0.2, 0.25) is 0 Å². The van der Waals surface area contributed by atoms with Crippen LogP contribution in [0.1, 0.15) is 24.2 Å². The number of nitrogens with zero attached hydrogens (tertiary/aromatic N) is 2. The molecule has 0 bridgehead atoms. The zero-order valence-electron chi connectivity index (χ0n) is 18.6. The molecule has 7 heteroatoms. The quantitative estimate of drug-likeness (QED) is 0.732. The van der Waals surface area contributed by atoms with E-state index in [1.54, 1.807) is 21.3 Å². The lowest BCUT2D eigenvalue weighted by Gasteiger charge is -2.39. The SMILES string of the molecule is COc1ccc(N2CCN(C(=O)[C@H]3O[C@@H](C)Cc4cc(OC)c(OC)cc43)CC2)cc1. The maximum absolute atomic E-state index is 13.4. The van der Waals surface area contributed by atoms with Crippen LogP contribution in [-0.2, 0) is 16.0 Å². The predicted octanol–water partition coefficient (Wildman–Crippen LogP) is 3.06. The molecule has 2 heterocycles. The number of amides is 1. The molecule has 0 unspecified atom stereocenters. The summed E-state index contributed by atoms with van der Waals surface area (Å²) in [6, 6.07) is 11.9. The largest absolute Gasteiger partial charge is 0.497 e. The molecule has 0 spiro atoms. The lowest BCUT2D eigenvalue weighted by Crippen LogP contribution is -2.51. The van der Waals surface area contributed by atoms with E-state index >= 15 is 0 Å². The van der Waals surface area contributed by atoms with Crippen LogP contribution in [0, 0.1) is 0 Å². The molecule has 1 fully saturated rings. The number of piperazine rings is 1. The molecule has 0 saturated carbocycles. The number of methoxy groups -OCH3 is 3. The van der Waals surface area contributed by atoms with Gasteiger partial charge in [0.25, 0.3) is 5.91 Å². The van der Waals surface area contributed by atoms with Crippen LogP contribution in [0.2, 0.25) is 0 Å². The van der Waals surface area contributed by atoms with Gasteiger partial charge in [0.15, 0.2) is 17.6 Å². The summed E-state index contributed by atoms with van der Waals surface area (Å²) in [5.41, 5.74) is 3.09. The van der Waals surface area contributed by atoms with Gasteiger partial charge < -0.3 is 28.7 Å². The summed E-state index contributed by atoms with van der Waals surface area (Å²) in [6.07, 6.45) is 0.0799. The van der Waals surface area contributed by atoms with Crippen molar-refractivity contribution in [2.45, 2.75) is 25.6 Å². The van der Waals surface area contributed by atoms with Crippen molar-refractivity contribution in [3.05, 3.63) is 47.5 Å². The van der Waals surface area contributed by atoms with E-state index < -0.39 is 6.10 Å². The topological polar surface area (TPSA) is 60.5 Å². The summed E-state index contributed by atoms with van der Waals surface area (Å²) in [5, 5.41) is 0. The Balaban J connectivity index is 1.49. The third kappa shape index (κ3) is 4.28. The van der Waals surface area contributed by atoms with Gasteiger partial charge in [0.1, 0.15) is 5.75 Å². The monoisotopic (exact) mass is 426 g/mol. The highest BCUT2D eigenvalue weighted by molar-refractivity contribution is 5.83. The maximum Gasteiger partial charge on any atom is 0.256 e. The van der Waals surface area contributed by atoms with E-state index in [2.05, 4.69) is 17.0 Å². The van der Waals surface area contributed by atoms with Gasteiger partial charge in [-0.15, -0.1) is 0 Å². The second kappa shape index (κ2) is 9.06. The summed E-state index contributed by atoms with van der Waals surface area (Å²) in [4.78, 5) is 17.6. The Labute approximate surface area is 183 Å². The number of carbonyl (C=O) groups is 1. The first-order valence-electron chi connectivity index (χ1n) is 10.6. The van der Waals surface area contributed by atoms with Crippen molar-refractivity contribution in [1.29, 1.82) is 0 Å². The van der Waals surface area contributed by atoms with E-state index in [9.17, 15) is 4.79 Å². The molecule has 1 saturated heterocycles. The van der Waals surface area contributed by atoms with Crippen molar-refractivity contribution in [1.82, 2.24) is 4.90 Å². The van der Waals surface area contributed by atoms with Gasteiger partial charge in [-0.05, 0) is 60.9 Å². The molecular weight excluding hydrogens is 396 g/mol. The fraction of sp³-hybridized carbons (Fsp3) is 0.458. The highest BCUT2D eigenvalue weighted by Gasteiger charge is 2.36.